The first kappa shape index (κ1) is 7.25. The van der Waals surface area contributed by atoms with Crippen molar-refractivity contribution >= 4 is 15.9 Å². The van der Waals surface area contributed by atoms with Gasteiger partial charge in [-0.2, -0.15) is 0 Å². The first-order chi connectivity index (χ1) is 5.27. The topological polar surface area (TPSA) is 38.9 Å². The van der Waals surface area contributed by atoms with Crippen molar-refractivity contribution < 1.29 is 0 Å². The lowest BCUT2D eigenvalue weighted by atomic mass is 10.2. The number of pyridine rings is 1. The lowest BCUT2D eigenvalue weighted by Crippen LogP contribution is -2.01. The number of rotatable bonds is 1. The maximum atomic E-state index is 5.68. The summed E-state index contributed by atoms with van der Waals surface area (Å²) >= 11 is 3.34. The van der Waals surface area contributed by atoms with E-state index in [2.05, 4.69) is 20.9 Å². The molecule has 2 nitrogen and oxygen atoms in total. The molecule has 0 amide bonds. The van der Waals surface area contributed by atoms with Crippen molar-refractivity contribution in [3.63, 3.8) is 0 Å². The van der Waals surface area contributed by atoms with Gasteiger partial charge in [-0.3, -0.25) is 4.98 Å². The van der Waals surface area contributed by atoms with Gasteiger partial charge in [-0.25, -0.2) is 0 Å². The van der Waals surface area contributed by atoms with E-state index in [9.17, 15) is 0 Å². The molecule has 2 atom stereocenters. The van der Waals surface area contributed by atoms with E-state index in [-0.39, 0.29) is 0 Å². The van der Waals surface area contributed by atoms with E-state index in [0.717, 1.165) is 16.6 Å². The van der Waals surface area contributed by atoms with Crippen LogP contribution in [0, 0.1) is 0 Å². The second kappa shape index (κ2) is 2.57. The molecule has 0 bridgehead atoms. The fraction of sp³-hybridized carbons (Fsp3) is 0.375. The quantitative estimate of drug-likeness (QED) is 0.770. The average molecular weight is 213 g/mol. The number of nitrogens with zero attached hydrogens (tertiary/aromatic N) is 1. The average Bonchev–Trinajstić information content (AvgIpc) is 2.69. The van der Waals surface area contributed by atoms with Crippen molar-refractivity contribution in [1.29, 1.82) is 0 Å². The van der Waals surface area contributed by atoms with Crippen LogP contribution in [0.25, 0.3) is 0 Å². The Labute approximate surface area is 73.9 Å². The van der Waals surface area contributed by atoms with Crippen molar-refractivity contribution in [3.05, 3.63) is 28.5 Å². The first-order valence-corrected chi connectivity index (χ1v) is 4.43. The standard InChI is InChI=1S/C8H9BrN2/c9-5-1-2-8(11-4-5)6-3-7(6)10/h1-2,4,6-7H,3,10H2. The third kappa shape index (κ3) is 1.44. The molecule has 1 aliphatic rings. The molecule has 0 radical (unpaired) electrons. The molecule has 1 aliphatic carbocycles. The molecular formula is C8H9BrN2. The van der Waals surface area contributed by atoms with E-state index in [4.69, 9.17) is 5.73 Å². The van der Waals surface area contributed by atoms with Crippen LogP contribution >= 0.6 is 15.9 Å². The maximum Gasteiger partial charge on any atom is 0.0451 e. The van der Waals surface area contributed by atoms with Gasteiger partial charge in [0.1, 0.15) is 0 Å². The zero-order valence-corrected chi connectivity index (χ0v) is 7.58. The zero-order chi connectivity index (χ0) is 7.84. The minimum Gasteiger partial charge on any atom is -0.327 e. The van der Waals surface area contributed by atoms with Crippen molar-refractivity contribution in [2.24, 2.45) is 5.73 Å². The fourth-order valence-corrected chi connectivity index (χ4v) is 1.40. The van der Waals surface area contributed by atoms with Gasteiger partial charge in [-0.1, -0.05) is 0 Å². The number of hydrogen-bond acceptors (Lipinski definition) is 2. The predicted molar refractivity (Wildman–Crippen MR) is 47.3 cm³/mol. The minimum atomic E-state index is 0.351. The highest BCUT2D eigenvalue weighted by molar-refractivity contribution is 9.10. The number of halogens is 1. The normalized spacial score (nSPS) is 28.5. The molecule has 0 spiro atoms. The molecule has 2 unspecified atom stereocenters. The van der Waals surface area contributed by atoms with Crippen molar-refractivity contribution in [2.45, 2.75) is 18.4 Å². The molecule has 2 rings (SSSR count). The van der Waals surface area contributed by atoms with Crippen LogP contribution in [0.1, 0.15) is 18.0 Å². The SMILES string of the molecule is NC1CC1c1ccc(Br)cn1. The largest absolute Gasteiger partial charge is 0.327 e. The lowest BCUT2D eigenvalue weighted by molar-refractivity contribution is 0.943. The Hall–Kier alpha value is -0.410. The van der Waals surface area contributed by atoms with Gasteiger partial charge in [-0.15, -0.1) is 0 Å². The molecule has 11 heavy (non-hydrogen) atoms. The molecule has 2 N–H and O–H groups in total. The molecule has 1 aromatic rings. The third-order valence-corrected chi connectivity index (χ3v) is 2.44. The molecule has 3 heteroatoms. The van der Waals surface area contributed by atoms with Gasteiger partial charge in [-0.05, 0) is 34.5 Å². The fourth-order valence-electron chi connectivity index (χ4n) is 1.16. The van der Waals surface area contributed by atoms with Gasteiger partial charge in [0, 0.05) is 28.3 Å². The van der Waals surface area contributed by atoms with Crippen molar-refractivity contribution in [3.8, 4) is 0 Å². The van der Waals surface area contributed by atoms with Crippen LogP contribution in [-0.4, -0.2) is 11.0 Å². The summed E-state index contributed by atoms with van der Waals surface area (Å²) in [7, 11) is 0. The summed E-state index contributed by atoms with van der Waals surface area (Å²) < 4.78 is 1.02. The Bertz CT molecular complexity index is 257. The van der Waals surface area contributed by atoms with E-state index in [1.54, 1.807) is 0 Å². The third-order valence-electron chi connectivity index (χ3n) is 1.97. The number of nitrogens with two attached hydrogens (primary N) is 1. The molecule has 58 valence electrons. The molecule has 0 aliphatic heterocycles. The van der Waals surface area contributed by atoms with Gasteiger partial charge < -0.3 is 5.73 Å². The molecule has 1 fully saturated rings. The van der Waals surface area contributed by atoms with E-state index in [0.29, 0.717) is 12.0 Å². The molecule has 0 aromatic carbocycles. The minimum absolute atomic E-state index is 0.351. The van der Waals surface area contributed by atoms with Gasteiger partial charge in [0.15, 0.2) is 0 Å². The molecule has 1 saturated carbocycles. The van der Waals surface area contributed by atoms with E-state index < -0.39 is 0 Å². The van der Waals surface area contributed by atoms with Crippen LogP contribution in [0.5, 0.6) is 0 Å². The monoisotopic (exact) mass is 212 g/mol. The summed E-state index contributed by atoms with van der Waals surface area (Å²) in [6.07, 6.45) is 2.91. The highest BCUT2D eigenvalue weighted by atomic mass is 79.9. The second-order valence-electron chi connectivity index (χ2n) is 2.91. The first-order valence-electron chi connectivity index (χ1n) is 3.64. The Morgan fingerprint density at radius 2 is 2.27 bits per heavy atom. The zero-order valence-electron chi connectivity index (χ0n) is 6.00. The van der Waals surface area contributed by atoms with Crippen LogP contribution in [0.2, 0.25) is 0 Å². The highest BCUT2D eigenvalue weighted by Gasteiger charge is 2.35. The van der Waals surface area contributed by atoms with Gasteiger partial charge >= 0.3 is 0 Å². The summed E-state index contributed by atoms with van der Waals surface area (Å²) in [6, 6.07) is 4.39. The van der Waals surface area contributed by atoms with Crippen LogP contribution in [-0.2, 0) is 0 Å². The summed E-state index contributed by atoms with van der Waals surface area (Å²) in [5, 5.41) is 0. The van der Waals surface area contributed by atoms with E-state index >= 15 is 0 Å². The highest BCUT2D eigenvalue weighted by Crippen LogP contribution is 2.37. The second-order valence-corrected chi connectivity index (χ2v) is 3.82. The van der Waals surface area contributed by atoms with Crippen LogP contribution in [0.15, 0.2) is 22.8 Å². The summed E-state index contributed by atoms with van der Waals surface area (Å²) in [5.74, 6) is 0.517. The molecule has 1 heterocycles. The molecular weight excluding hydrogens is 204 g/mol. The van der Waals surface area contributed by atoms with Crippen LogP contribution < -0.4 is 5.73 Å². The maximum absolute atomic E-state index is 5.68. The van der Waals surface area contributed by atoms with Gasteiger partial charge in [0.2, 0.25) is 0 Å². The Kier molecular flexibility index (Phi) is 1.69. The van der Waals surface area contributed by atoms with Crippen LogP contribution in [0.4, 0.5) is 0 Å². The van der Waals surface area contributed by atoms with Gasteiger partial charge in [0.25, 0.3) is 0 Å². The van der Waals surface area contributed by atoms with Crippen molar-refractivity contribution in [2.75, 3.05) is 0 Å². The smallest absolute Gasteiger partial charge is 0.0451 e. The van der Waals surface area contributed by atoms with Gasteiger partial charge in [0.05, 0.1) is 0 Å². The molecule has 0 saturated heterocycles. The number of hydrogen-bond donors (Lipinski definition) is 1. The summed E-state index contributed by atoms with van der Waals surface area (Å²) in [4.78, 5) is 4.26. The van der Waals surface area contributed by atoms with E-state index in [1.807, 2.05) is 18.3 Å². The Morgan fingerprint density at radius 3 is 2.73 bits per heavy atom. The van der Waals surface area contributed by atoms with Crippen molar-refractivity contribution in [1.82, 2.24) is 4.98 Å². The Balaban J connectivity index is 2.21. The molecule has 1 aromatic heterocycles. The van der Waals surface area contributed by atoms with E-state index in [1.165, 1.54) is 0 Å². The predicted octanol–water partition coefficient (Wildman–Crippen LogP) is 1.66. The summed E-state index contributed by atoms with van der Waals surface area (Å²) in [6.45, 7) is 0. The lowest BCUT2D eigenvalue weighted by Gasteiger charge is -1.95. The number of aromatic nitrogens is 1. The summed E-state index contributed by atoms with van der Waals surface area (Å²) in [5.41, 5.74) is 6.81. The van der Waals surface area contributed by atoms with Crippen LogP contribution in [0.3, 0.4) is 0 Å². The Morgan fingerprint density at radius 1 is 1.55 bits per heavy atom.